The Hall–Kier alpha value is -3.23. The molecule has 1 saturated heterocycles. The highest BCUT2D eigenvalue weighted by Crippen LogP contribution is 2.34. The lowest BCUT2D eigenvalue weighted by Gasteiger charge is -2.46. The van der Waals surface area contributed by atoms with Crippen LogP contribution in [0.4, 0.5) is 0 Å². The molecule has 4 atom stereocenters. The molecule has 190 valence electrons. The molecule has 1 fully saturated rings. The molecule has 0 spiro atoms. The highest BCUT2D eigenvalue weighted by Gasteiger charge is 2.50. The Bertz CT molecular complexity index is 1150. The van der Waals surface area contributed by atoms with Crippen molar-refractivity contribution in [2.24, 2.45) is 0 Å². The van der Waals surface area contributed by atoms with Crippen LogP contribution in [0.25, 0.3) is 11.1 Å². The van der Waals surface area contributed by atoms with Crippen LogP contribution in [0.5, 0.6) is 5.75 Å². The average molecular weight is 492 g/mol. The second-order valence-electron chi connectivity index (χ2n) is 9.41. The van der Waals surface area contributed by atoms with Crippen molar-refractivity contribution in [2.45, 2.75) is 50.5 Å². The topological polar surface area (TPSA) is 97.3 Å². The zero-order valence-corrected chi connectivity index (χ0v) is 20.8. The lowest BCUT2D eigenvalue weighted by atomic mass is 9.89. The summed E-state index contributed by atoms with van der Waals surface area (Å²) in [6.45, 7) is 4.00. The van der Waals surface area contributed by atoms with Crippen LogP contribution in [0.15, 0.2) is 78.9 Å². The molecule has 7 heteroatoms. The summed E-state index contributed by atoms with van der Waals surface area (Å²) in [5, 5.41) is 24.2. The largest absolute Gasteiger partial charge is 0.462 e. The summed E-state index contributed by atoms with van der Waals surface area (Å²) in [5.74, 6) is 0.103. The van der Waals surface area contributed by atoms with Crippen molar-refractivity contribution < 1.29 is 29.2 Å². The predicted octanol–water partition coefficient (Wildman–Crippen LogP) is 3.58. The van der Waals surface area contributed by atoms with E-state index in [0.717, 1.165) is 16.7 Å². The summed E-state index contributed by atoms with van der Waals surface area (Å²) < 4.78 is 17.2. The Balaban J connectivity index is 1.56. The predicted molar refractivity (Wildman–Crippen MR) is 137 cm³/mol. The lowest BCUT2D eigenvalue weighted by Crippen LogP contribution is -2.63. The van der Waals surface area contributed by atoms with E-state index in [2.05, 4.69) is 5.32 Å². The van der Waals surface area contributed by atoms with Gasteiger partial charge >= 0.3 is 0 Å². The van der Waals surface area contributed by atoms with Gasteiger partial charge in [-0.15, -0.1) is 0 Å². The zero-order valence-electron chi connectivity index (χ0n) is 20.8. The molecule has 0 aliphatic carbocycles. The maximum absolute atomic E-state index is 13.3. The third-order valence-corrected chi connectivity index (χ3v) is 6.41. The van der Waals surface area contributed by atoms with Gasteiger partial charge in [-0.3, -0.25) is 4.79 Å². The van der Waals surface area contributed by atoms with Gasteiger partial charge in [-0.2, -0.15) is 0 Å². The number of rotatable bonds is 8. The molecular formula is C29H33NO6. The van der Waals surface area contributed by atoms with Crippen molar-refractivity contribution in [3.05, 3.63) is 90.0 Å². The molecule has 36 heavy (non-hydrogen) atoms. The van der Waals surface area contributed by atoms with Gasteiger partial charge in [0.1, 0.15) is 24.1 Å². The molecule has 3 aromatic rings. The average Bonchev–Trinajstić information content (AvgIpc) is 2.88. The van der Waals surface area contributed by atoms with Crippen molar-refractivity contribution in [1.82, 2.24) is 5.32 Å². The van der Waals surface area contributed by atoms with Gasteiger partial charge in [0.2, 0.25) is 6.29 Å². The summed E-state index contributed by atoms with van der Waals surface area (Å²) >= 11 is 0. The molecule has 1 aliphatic heterocycles. The first-order valence-electron chi connectivity index (χ1n) is 12.0. The Morgan fingerprint density at radius 3 is 2.31 bits per heavy atom. The van der Waals surface area contributed by atoms with Crippen molar-refractivity contribution in [2.75, 3.05) is 13.7 Å². The standard InChI is InChI=1S/C29H33NO6/c1-29(2)26(34-3)24(31)25(32)28(36-29)35-21-14-15-22(20-12-8-5-9-13-20)23(18-21)27(33)30-17-16-19-10-6-4-7-11-19/h4-15,18,24-26,28,31-32H,16-17H2,1-3H3,(H,30,33)/t24-,25+,26-,28+/m0/s1. The van der Waals surface area contributed by atoms with Crippen LogP contribution in [-0.4, -0.2) is 60.0 Å². The number of ether oxygens (including phenoxy) is 3. The minimum absolute atomic E-state index is 0.236. The molecule has 1 amide bonds. The molecule has 1 aliphatic rings. The van der Waals surface area contributed by atoms with Crippen LogP contribution in [0, 0.1) is 0 Å². The second-order valence-corrected chi connectivity index (χ2v) is 9.41. The summed E-state index contributed by atoms with van der Waals surface area (Å²) in [5.41, 5.74) is 2.32. The number of benzene rings is 3. The minimum atomic E-state index is -1.33. The van der Waals surface area contributed by atoms with Crippen molar-refractivity contribution in [3.8, 4) is 16.9 Å². The molecule has 3 aromatic carbocycles. The minimum Gasteiger partial charge on any atom is -0.462 e. The van der Waals surface area contributed by atoms with Gasteiger partial charge < -0.3 is 29.7 Å². The van der Waals surface area contributed by atoms with E-state index in [1.807, 2.05) is 66.7 Å². The first-order valence-corrected chi connectivity index (χ1v) is 12.0. The summed E-state index contributed by atoms with van der Waals surface area (Å²) in [6.07, 6.45) is -3.69. The van der Waals surface area contributed by atoms with Gasteiger partial charge in [-0.1, -0.05) is 60.7 Å². The van der Waals surface area contributed by atoms with Crippen LogP contribution >= 0.6 is 0 Å². The SMILES string of the molecule is CO[C@H]1[C@@H](O)[C@@H](O)[C@H](Oc2ccc(-c3ccccc3)c(C(=O)NCCc3ccccc3)c2)OC1(C)C. The molecule has 0 aromatic heterocycles. The molecule has 3 N–H and O–H groups in total. The van der Waals surface area contributed by atoms with E-state index in [0.29, 0.717) is 24.3 Å². The Kier molecular flexibility index (Phi) is 8.06. The van der Waals surface area contributed by atoms with Crippen LogP contribution in [0.1, 0.15) is 29.8 Å². The Morgan fingerprint density at radius 2 is 1.64 bits per heavy atom. The van der Waals surface area contributed by atoms with Crippen LogP contribution in [0.2, 0.25) is 0 Å². The van der Waals surface area contributed by atoms with E-state index in [-0.39, 0.29) is 5.91 Å². The van der Waals surface area contributed by atoms with Crippen LogP contribution < -0.4 is 10.1 Å². The maximum atomic E-state index is 13.3. The van der Waals surface area contributed by atoms with E-state index in [1.165, 1.54) is 7.11 Å². The molecule has 0 unspecified atom stereocenters. The number of amides is 1. The lowest BCUT2D eigenvalue weighted by molar-refractivity contribution is -0.305. The van der Waals surface area contributed by atoms with Gasteiger partial charge in [-0.25, -0.2) is 0 Å². The summed E-state index contributed by atoms with van der Waals surface area (Å²) in [6, 6.07) is 24.8. The number of hydrogen-bond acceptors (Lipinski definition) is 6. The van der Waals surface area contributed by atoms with Gasteiger partial charge in [0.05, 0.1) is 11.2 Å². The fourth-order valence-corrected chi connectivity index (χ4v) is 4.55. The van der Waals surface area contributed by atoms with Gasteiger partial charge in [-0.05, 0) is 55.2 Å². The highest BCUT2D eigenvalue weighted by atomic mass is 16.7. The fourth-order valence-electron chi connectivity index (χ4n) is 4.55. The number of aliphatic hydroxyl groups is 2. The number of carbonyl (C=O) groups excluding carboxylic acids is 1. The van der Waals surface area contributed by atoms with Crippen molar-refractivity contribution in [3.63, 3.8) is 0 Å². The van der Waals surface area contributed by atoms with E-state index in [4.69, 9.17) is 14.2 Å². The highest BCUT2D eigenvalue weighted by molar-refractivity contribution is 6.01. The number of aliphatic hydroxyl groups excluding tert-OH is 2. The summed E-state index contributed by atoms with van der Waals surface area (Å²) in [4.78, 5) is 13.3. The number of methoxy groups -OCH3 is 1. The first kappa shape index (κ1) is 25.9. The number of carbonyl (C=O) groups is 1. The fraction of sp³-hybridized carbons (Fsp3) is 0.345. The van der Waals surface area contributed by atoms with E-state index < -0.39 is 30.2 Å². The molecule has 0 saturated carbocycles. The number of hydrogen-bond donors (Lipinski definition) is 3. The zero-order chi connectivity index (χ0) is 25.7. The Labute approximate surface area is 211 Å². The third kappa shape index (κ3) is 5.77. The van der Waals surface area contributed by atoms with Crippen molar-refractivity contribution in [1.29, 1.82) is 0 Å². The van der Waals surface area contributed by atoms with Gasteiger partial charge in [0.25, 0.3) is 5.91 Å². The Morgan fingerprint density at radius 1 is 0.972 bits per heavy atom. The molecular weight excluding hydrogens is 458 g/mol. The molecule has 0 radical (unpaired) electrons. The molecule has 7 nitrogen and oxygen atoms in total. The monoisotopic (exact) mass is 491 g/mol. The van der Waals surface area contributed by atoms with Crippen LogP contribution in [-0.2, 0) is 15.9 Å². The normalized spacial score (nSPS) is 23.1. The third-order valence-electron chi connectivity index (χ3n) is 6.41. The number of nitrogens with one attached hydrogen (secondary N) is 1. The second kappa shape index (κ2) is 11.2. The maximum Gasteiger partial charge on any atom is 0.252 e. The van der Waals surface area contributed by atoms with E-state index >= 15 is 0 Å². The first-order chi connectivity index (χ1) is 17.3. The molecule has 4 rings (SSSR count). The smallest absolute Gasteiger partial charge is 0.252 e. The van der Waals surface area contributed by atoms with Crippen LogP contribution in [0.3, 0.4) is 0 Å². The van der Waals surface area contributed by atoms with E-state index in [1.54, 1.807) is 26.0 Å². The van der Waals surface area contributed by atoms with E-state index in [9.17, 15) is 15.0 Å². The molecule has 1 heterocycles. The van der Waals surface area contributed by atoms with Crippen molar-refractivity contribution >= 4 is 5.91 Å². The summed E-state index contributed by atoms with van der Waals surface area (Å²) in [7, 11) is 1.46. The van der Waals surface area contributed by atoms with Gasteiger partial charge in [0, 0.05) is 13.7 Å². The quantitative estimate of drug-likeness (QED) is 0.446. The van der Waals surface area contributed by atoms with Gasteiger partial charge in [0.15, 0.2) is 0 Å². The molecule has 0 bridgehead atoms.